The zero-order valence-electron chi connectivity index (χ0n) is 40.3. The average Bonchev–Trinajstić information content (AvgIpc) is 4.23. The molecule has 0 aliphatic carbocycles. The lowest BCUT2D eigenvalue weighted by molar-refractivity contribution is 1.12. The number of nitriles is 1. The van der Waals surface area contributed by atoms with E-state index in [4.69, 9.17) is 0 Å². The summed E-state index contributed by atoms with van der Waals surface area (Å²) in [6.45, 7) is 9.37. The number of nitrogens with zero attached hydrogens (tertiary/aromatic N) is 7. The minimum atomic E-state index is 0.361. The Morgan fingerprint density at radius 2 is 0.680 bits per heavy atom. The van der Waals surface area contributed by atoms with Gasteiger partial charge < -0.3 is 23.2 Å². The highest BCUT2D eigenvalue weighted by Crippen LogP contribution is 2.50. The average molecular weight is 956 g/mol. The minimum absolute atomic E-state index is 0.361. The van der Waals surface area contributed by atoms with Crippen LogP contribution in [0.4, 0.5) is 22.7 Å². The topological polar surface area (TPSA) is 51.1 Å². The molecule has 4 aromatic heterocycles. The Balaban J connectivity index is 1.11. The summed E-state index contributed by atoms with van der Waals surface area (Å²) >= 11 is 0. The van der Waals surface area contributed by atoms with Crippen LogP contribution < -0.4 is 4.90 Å². The van der Waals surface area contributed by atoms with Gasteiger partial charge in [0.05, 0.1) is 73.3 Å². The first-order valence-corrected chi connectivity index (χ1v) is 25.1. The second-order valence-corrected chi connectivity index (χ2v) is 19.1. The van der Waals surface area contributed by atoms with Gasteiger partial charge in [0.2, 0.25) is 5.69 Å². The predicted molar refractivity (Wildman–Crippen MR) is 309 cm³/mol. The first kappa shape index (κ1) is 42.1. The Kier molecular flexibility index (Phi) is 9.25. The van der Waals surface area contributed by atoms with Gasteiger partial charge in [0.15, 0.2) is 0 Å². The molecular formula is C68H41N7. The lowest BCUT2D eigenvalue weighted by Gasteiger charge is -2.29. The van der Waals surface area contributed by atoms with E-state index in [9.17, 15) is 11.8 Å². The molecule has 0 N–H and O–H groups in total. The van der Waals surface area contributed by atoms with E-state index in [-0.39, 0.29) is 0 Å². The van der Waals surface area contributed by atoms with Gasteiger partial charge in [-0.15, -0.1) is 0 Å². The Labute approximate surface area is 430 Å². The zero-order valence-corrected chi connectivity index (χ0v) is 40.3. The molecule has 0 unspecified atom stereocenters. The Hall–Kier alpha value is -10.6. The van der Waals surface area contributed by atoms with Gasteiger partial charge in [-0.1, -0.05) is 146 Å². The molecule has 7 heteroatoms. The number of para-hydroxylation sites is 8. The third-order valence-corrected chi connectivity index (χ3v) is 15.2. The number of aromatic nitrogens is 4. The van der Waals surface area contributed by atoms with Crippen molar-refractivity contribution in [1.29, 1.82) is 5.26 Å². The van der Waals surface area contributed by atoms with E-state index >= 15 is 0 Å². The summed E-state index contributed by atoms with van der Waals surface area (Å²) in [7, 11) is 0. The molecule has 0 saturated carbocycles. The molecule has 0 radical (unpaired) electrons. The van der Waals surface area contributed by atoms with Crippen LogP contribution in [0.15, 0.2) is 249 Å². The molecular weight excluding hydrogens is 915 g/mol. The van der Waals surface area contributed by atoms with E-state index in [0.29, 0.717) is 28.3 Å². The first-order valence-electron chi connectivity index (χ1n) is 25.1. The van der Waals surface area contributed by atoms with Crippen molar-refractivity contribution in [2.45, 2.75) is 0 Å². The van der Waals surface area contributed by atoms with E-state index in [0.717, 1.165) is 88.4 Å². The van der Waals surface area contributed by atoms with Crippen molar-refractivity contribution in [2.24, 2.45) is 0 Å². The van der Waals surface area contributed by atoms with Crippen LogP contribution in [0.5, 0.6) is 0 Å². The van der Waals surface area contributed by atoms with Crippen molar-refractivity contribution in [3.05, 3.63) is 266 Å². The van der Waals surface area contributed by atoms with Crippen LogP contribution in [0.25, 0.3) is 115 Å². The van der Waals surface area contributed by atoms with Gasteiger partial charge in [0, 0.05) is 65.8 Å². The lowest BCUT2D eigenvalue weighted by atomic mass is 10.0. The summed E-state index contributed by atoms with van der Waals surface area (Å²) < 4.78 is 9.12. The molecule has 15 rings (SSSR count). The highest BCUT2D eigenvalue weighted by atomic mass is 15.2. The molecule has 4 heterocycles. The van der Waals surface area contributed by atoms with Crippen LogP contribution >= 0.6 is 0 Å². The van der Waals surface area contributed by atoms with E-state index in [1.165, 1.54) is 21.5 Å². The number of fused-ring (bicyclic) bond motifs is 12. The number of rotatable bonds is 7. The lowest BCUT2D eigenvalue weighted by Crippen LogP contribution is -2.14. The van der Waals surface area contributed by atoms with Crippen LogP contribution in [0.1, 0.15) is 5.56 Å². The third kappa shape index (κ3) is 6.13. The summed E-state index contributed by atoms with van der Waals surface area (Å²) in [6, 6.07) is 89.7. The summed E-state index contributed by atoms with van der Waals surface area (Å²) in [5, 5.41) is 20.8. The van der Waals surface area contributed by atoms with Crippen molar-refractivity contribution in [1.82, 2.24) is 18.3 Å². The molecule has 0 saturated heterocycles. The molecule has 75 heavy (non-hydrogen) atoms. The van der Waals surface area contributed by atoms with Crippen molar-refractivity contribution in [3.63, 3.8) is 0 Å². The van der Waals surface area contributed by atoms with Gasteiger partial charge in [0.1, 0.15) is 6.07 Å². The molecule has 0 amide bonds. The van der Waals surface area contributed by atoms with Crippen molar-refractivity contribution in [3.8, 4) is 28.8 Å². The predicted octanol–water partition coefficient (Wildman–Crippen LogP) is 18.0. The second-order valence-electron chi connectivity index (χ2n) is 19.1. The van der Waals surface area contributed by atoms with Crippen LogP contribution in [-0.4, -0.2) is 18.3 Å². The standard InChI is InChI=1S/C68H41N7/c1-70-67-66(74-61-34-18-12-28-52(61)53-29-13-19-35-62(53)74)42-65(71(44-20-4-2-5-21-44)45-22-6-3-7-23-45)56(43-69)68(67)75-63-38-36-46(72-57-30-14-8-24-48(57)49-25-9-15-31-58(49)72)40-54(63)55-41-47(37-39-64(55)75)73-59-32-16-10-26-50(59)51-27-11-17-33-60(51)73/h2-42H. The largest absolute Gasteiger partial charge is 0.319 e. The van der Waals surface area contributed by atoms with E-state index < -0.39 is 0 Å². The van der Waals surface area contributed by atoms with Crippen LogP contribution in [0.2, 0.25) is 0 Å². The number of benzene rings is 11. The van der Waals surface area contributed by atoms with Gasteiger partial charge >= 0.3 is 0 Å². The molecule has 348 valence electrons. The van der Waals surface area contributed by atoms with Gasteiger partial charge in [0.25, 0.3) is 0 Å². The summed E-state index contributed by atoms with van der Waals surface area (Å²) in [4.78, 5) is 6.70. The molecule has 0 atom stereocenters. The Morgan fingerprint density at radius 1 is 0.347 bits per heavy atom. The molecule has 0 spiro atoms. The Bertz CT molecular complexity index is 4550. The number of anilines is 3. The maximum Gasteiger partial charge on any atom is 0.235 e. The van der Waals surface area contributed by atoms with Crippen LogP contribution in [0.3, 0.4) is 0 Å². The third-order valence-electron chi connectivity index (χ3n) is 15.2. The highest BCUT2D eigenvalue weighted by molar-refractivity contribution is 6.16. The highest BCUT2D eigenvalue weighted by Gasteiger charge is 2.30. The molecule has 0 aliphatic heterocycles. The monoisotopic (exact) mass is 955 g/mol. The quantitative estimate of drug-likeness (QED) is 0.149. The molecule has 7 nitrogen and oxygen atoms in total. The summed E-state index contributed by atoms with van der Waals surface area (Å²) in [5.41, 5.74) is 14.4. The summed E-state index contributed by atoms with van der Waals surface area (Å²) in [6.07, 6.45) is 0. The first-order chi connectivity index (χ1) is 37.2. The fourth-order valence-electron chi connectivity index (χ4n) is 12.1. The summed E-state index contributed by atoms with van der Waals surface area (Å²) in [5.74, 6) is 0. The SMILES string of the molecule is [C-]#[N+]c1c(-n2c3ccccc3c3ccccc32)cc(N(c2ccccc2)c2ccccc2)c(C#N)c1-n1c2ccc(-n3c4ccccc4c4ccccc43)cc2c2cc(-n3c4ccccc4c4ccccc43)ccc21. The van der Waals surface area contributed by atoms with Crippen LogP contribution in [-0.2, 0) is 0 Å². The van der Waals surface area contributed by atoms with Crippen molar-refractivity contribution >= 4 is 110 Å². The number of hydrogen-bond acceptors (Lipinski definition) is 2. The van der Waals surface area contributed by atoms with Crippen LogP contribution in [0, 0.1) is 17.9 Å². The van der Waals surface area contributed by atoms with Crippen molar-refractivity contribution in [2.75, 3.05) is 4.90 Å². The zero-order chi connectivity index (χ0) is 49.7. The normalized spacial score (nSPS) is 11.7. The maximum absolute atomic E-state index is 12.0. The number of hydrogen-bond donors (Lipinski definition) is 0. The van der Waals surface area contributed by atoms with Gasteiger partial charge in [-0.25, -0.2) is 4.85 Å². The van der Waals surface area contributed by atoms with Crippen molar-refractivity contribution < 1.29 is 0 Å². The molecule has 0 fully saturated rings. The van der Waals surface area contributed by atoms with E-state index in [2.05, 4.69) is 246 Å². The van der Waals surface area contributed by atoms with Gasteiger partial charge in [-0.2, -0.15) is 5.26 Å². The minimum Gasteiger partial charge on any atom is -0.319 e. The molecule has 11 aromatic carbocycles. The van der Waals surface area contributed by atoms with E-state index in [1.54, 1.807) is 0 Å². The van der Waals surface area contributed by atoms with E-state index in [1.807, 2.05) is 36.4 Å². The molecule has 0 bridgehead atoms. The Morgan fingerprint density at radius 3 is 1.04 bits per heavy atom. The smallest absolute Gasteiger partial charge is 0.235 e. The molecule has 0 aliphatic rings. The fourth-order valence-corrected chi connectivity index (χ4v) is 12.1. The van der Waals surface area contributed by atoms with Gasteiger partial charge in [-0.05, 0) is 103 Å². The molecule has 15 aromatic rings. The maximum atomic E-state index is 12.0. The fraction of sp³-hybridized carbons (Fsp3) is 0. The van der Waals surface area contributed by atoms with Gasteiger partial charge in [-0.3, -0.25) is 0 Å². The second kappa shape index (κ2) is 16.5.